The van der Waals surface area contributed by atoms with E-state index in [9.17, 15) is 18.3 Å². The highest BCUT2D eigenvalue weighted by Crippen LogP contribution is 2.29. The summed E-state index contributed by atoms with van der Waals surface area (Å²) in [5, 5.41) is 13.1. The molecule has 0 heterocycles. The number of aliphatic hydroxyl groups excluding tert-OH is 1. The van der Waals surface area contributed by atoms with E-state index in [2.05, 4.69) is 10.1 Å². The van der Waals surface area contributed by atoms with Crippen molar-refractivity contribution in [2.75, 3.05) is 6.61 Å². The summed E-state index contributed by atoms with van der Waals surface area (Å²) in [6.07, 6.45) is -0.241. The van der Waals surface area contributed by atoms with Crippen molar-refractivity contribution in [3.63, 3.8) is 0 Å². The van der Waals surface area contributed by atoms with Crippen LogP contribution >= 0.6 is 0 Å². The molecule has 21 heavy (non-hydrogen) atoms. The van der Waals surface area contributed by atoms with Crippen molar-refractivity contribution >= 4 is 0 Å². The molecule has 6 heteroatoms. The van der Waals surface area contributed by atoms with Gasteiger partial charge in [-0.25, -0.2) is 0 Å². The first kappa shape index (κ1) is 16.1. The number of hydrogen-bond acceptors (Lipinski definition) is 3. The molecule has 0 radical (unpaired) electrons. The summed E-state index contributed by atoms with van der Waals surface area (Å²) in [5.74, 6) is -0.257. The molecule has 0 aromatic heterocycles. The van der Waals surface area contributed by atoms with E-state index in [4.69, 9.17) is 0 Å². The van der Waals surface area contributed by atoms with E-state index >= 15 is 0 Å². The van der Waals surface area contributed by atoms with Crippen LogP contribution < -0.4 is 10.1 Å². The smallest absolute Gasteiger partial charge is 0.406 e. The van der Waals surface area contributed by atoms with Crippen LogP contribution in [0.2, 0.25) is 0 Å². The maximum absolute atomic E-state index is 12.1. The van der Waals surface area contributed by atoms with Crippen LogP contribution in [-0.4, -0.2) is 24.1 Å². The Labute approximate surface area is 122 Å². The van der Waals surface area contributed by atoms with Crippen LogP contribution in [0.15, 0.2) is 24.3 Å². The molecule has 1 saturated carbocycles. The van der Waals surface area contributed by atoms with Gasteiger partial charge in [-0.1, -0.05) is 25.0 Å². The van der Waals surface area contributed by atoms with Crippen molar-refractivity contribution in [1.29, 1.82) is 0 Å². The lowest BCUT2D eigenvalue weighted by Crippen LogP contribution is -2.47. The lowest BCUT2D eigenvalue weighted by atomic mass is 9.91. The highest BCUT2D eigenvalue weighted by molar-refractivity contribution is 5.32. The third kappa shape index (κ3) is 4.35. The highest BCUT2D eigenvalue weighted by atomic mass is 19.4. The Morgan fingerprint density at radius 3 is 2.24 bits per heavy atom. The minimum Gasteiger partial charge on any atom is -0.406 e. The molecule has 0 saturated heterocycles. The number of halogens is 3. The SMILES string of the molecule is CC(CO)(NC1CCCC1)c1ccc(OC(F)(F)F)cc1. The third-order valence-corrected chi connectivity index (χ3v) is 3.92. The van der Waals surface area contributed by atoms with Gasteiger partial charge < -0.3 is 15.2 Å². The van der Waals surface area contributed by atoms with Gasteiger partial charge in [0.1, 0.15) is 5.75 Å². The van der Waals surface area contributed by atoms with Crippen LogP contribution in [-0.2, 0) is 5.54 Å². The van der Waals surface area contributed by atoms with E-state index < -0.39 is 11.9 Å². The van der Waals surface area contributed by atoms with Crippen molar-refractivity contribution in [3.8, 4) is 5.75 Å². The molecule has 1 fully saturated rings. The van der Waals surface area contributed by atoms with Gasteiger partial charge in [0.05, 0.1) is 12.1 Å². The van der Waals surface area contributed by atoms with Gasteiger partial charge in [-0.15, -0.1) is 13.2 Å². The summed E-state index contributed by atoms with van der Waals surface area (Å²) >= 11 is 0. The monoisotopic (exact) mass is 303 g/mol. The second-order valence-corrected chi connectivity index (χ2v) is 5.69. The van der Waals surface area contributed by atoms with Gasteiger partial charge in [-0.05, 0) is 37.5 Å². The Kier molecular flexibility index (Phi) is 4.78. The quantitative estimate of drug-likeness (QED) is 0.877. The van der Waals surface area contributed by atoms with Crippen molar-refractivity contribution in [1.82, 2.24) is 5.32 Å². The summed E-state index contributed by atoms with van der Waals surface area (Å²) < 4.78 is 40.3. The van der Waals surface area contributed by atoms with Crippen molar-refractivity contribution in [2.24, 2.45) is 0 Å². The molecule has 1 aromatic carbocycles. The number of aliphatic hydroxyl groups is 1. The molecule has 2 rings (SSSR count). The second kappa shape index (κ2) is 6.23. The van der Waals surface area contributed by atoms with Crippen LogP contribution in [0.4, 0.5) is 13.2 Å². The molecule has 0 bridgehead atoms. The number of alkyl halides is 3. The van der Waals surface area contributed by atoms with Gasteiger partial charge in [-0.2, -0.15) is 0 Å². The summed E-state index contributed by atoms with van der Waals surface area (Å²) in [6, 6.07) is 5.99. The number of hydrogen-bond donors (Lipinski definition) is 2. The van der Waals surface area contributed by atoms with Crippen molar-refractivity contribution in [3.05, 3.63) is 29.8 Å². The minimum absolute atomic E-state index is 0.122. The fraction of sp³-hybridized carbons (Fsp3) is 0.600. The molecule has 1 aliphatic carbocycles. The molecule has 0 spiro atoms. The Hall–Kier alpha value is -1.27. The van der Waals surface area contributed by atoms with Gasteiger partial charge in [0.25, 0.3) is 0 Å². The van der Waals surface area contributed by atoms with Crippen LogP contribution in [0.3, 0.4) is 0 Å². The van der Waals surface area contributed by atoms with E-state index in [1.54, 1.807) is 12.1 Å². The van der Waals surface area contributed by atoms with Gasteiger partial charge in [-0.3, -0.25) is 0 Å². The predicted molar refractivity (Wildman–Crippen MR) is 73.0 cm³/mol. The van der Waals surface area contributed by atoms with E-state index in [0.717, 1.165) is 31.2 Å². The summed E-state index contributed by atoms with van der Waals surface area (Å²) in [4.78, 5) is 0. The average Bonchev–Trinajstić information content (AvgIpc) is 2.90. The second-order valence-electron chi connectivity index (χ2n) is 5.69. The topological polar surface area (TPSA) is 41.5 Å². The zero-order valence-corrected chi connectivity index (χ0v) is 11.9. The zero-order chi connectivity index (χ0) is 15.5. The fourth-order valence-electron chi connectivity index (χ4n) is 2.77. The van der Waals surface area contributed by atoms with Crippen molar-refractivity contribution in [2.45, 2.75) is 50.6 Å². The highest BCUT2D eigenvalue weighted by Gasteiger charge is 2.32. The largest absolute Gasteiger partial charge is 0.573 e. The number of rotatable bonds is 5. The van der Waals surface area contributed by atoms with Gasteiger partial charge >= 0.3 is 6.36 Å². The van der Waals surface area contributed by atoms with Gasteiger partial charge in [0.15, 0.2) is 0 Å². The van der Waals surface area contributed by atoms with Crippen LogP contribution in [0.5, 0.6) is 5.75 Å². The summed E-state index contributed by atoms with van der Waals surface area (Å²) in [7, 11) is 0. The first-order valence-electron chi connectivity index (χ1n) is 7.07. The molecular formula is C15H20F3NO2. The predicted octanol–water partition coefficient (Wildman–Crippen LogP) is 3.32. The van der Waals surface area contributed by atoms with E-state index in [-0.39, 0.29) is 12.4 Å². The Morgan fingerprint density at radius 2 is 1.76 bits per heavy atom. The molecule has 1 atom stereocenters. The fourth-order valence-corrected chi connectivity index (χ4v) is 2.77. The maximum Gasteiger partial charge on any atom is 0.573 e. The third-order valence-electron chi connectivity index (χ3n) is 3.92. The number of nitrogens with one attached hydrogen (secondary N) is 1. The van der Waals surface area contributed by atoms with Gasteiger partial charge in [0, 0.05) is 6.04 Å². The molecule has 118 valence electrons. The Morgan fingerprint density at radius 1 is 1.19 bits per heavy atom. The standard InChI is InChI=1S/C15H20F3NO2/c1-14(10-20,19-12-4-2-3-5-12)11-6-8-13(9-7-11)21-15(16,17)18/h6-9,12,19-20H,2-5,10H2,1H3. The van der Waals surface area contributed by atoms with E-state index in [1.165, 1.54) is 12.1 Å². The lowest BCUT2D eigenvalue weighted by Gasteiger charge is -2.33. The first-order chi connectivity index (χ1) is 9.82. The van der Waals surface area contributed by atoms with Crippen LogP contribution in [0.25, 0.3) is 0 Å². The maximum atomic E-state index is 12.1. The zero-order valence-electron chi connectivity index (χ0n) is 11.9. The molecule has 0 aliphatic heterocycles. The summed E-state index contributed by atoms with van der Waals surface area (Å²) in [5.41, 5.74) is 0.0811. The molecule has 1 unspecified atom stereocenters. The average molecular weight is 303 g/mol. The molecule has 2 N–H and O–H groups in total. The van der Waals surface area contributed by atoms with Crippen LogP contribution in [0, 0.1) is 0 Å². The lowest BCUT2D eigenvalue weighted by molar-refractivity contribution is -0.274. The normalized spacial score (nSPS) is 19.5. The van der Waals surface area contributed by atoms with E-state index in [1.807, 2.05) is 6.92 Å². The van der Waals surface area contributed by atoms with Crippen LogP contribution in [0.1, 0.15) is 38.2 Å². The van der Waals surface area contributed by atoms with Gasteiger partial charge in [0.2, 0.25) is 0 Å². The molecule has 0 amide bonds. The Bertz CT molecular complexity index is 455. The first-order valence-corrected chi connectivity index (χ1v) is 7.07. The number of ether oxygens (including phenoxy) is 1. The minimum atomic E-state index is -4.69. The molecule has 1 aromatic rings. The Balaban J connectivity index is 2.10. The van der Waals surface area contributed by atoms with E-state index in [0.29, 0.717) is 6.04 Å². The molecular weight excluding hydrogens is 283 g/mol. The molecule has 3 nitrogen and oxygen atoms in total. The summed E-state index contributed by atoms with van der Waals surface area (Å²) in [6.45, 7) is 1.73. The molecule has 1 aliphatic rings. The van der Waals surface area contributed by atoms with Crippen molar-refractivity contribution < 1.29 is 23.0 Å². The number of benzene rings is 1.